The number of thiocarbonyl (C=S) groups is 1. The van der Waals surface area contributed by atoms with Crippen LogP contribution >= 0.6 is 12.2 Å². The molecular formula is C21H20N4O4S. The first-order valence-electron chi connectivity index (χ1n) is 9.28. The van der Waals surface area contributed by atoms with Crippen LogP contribution in [-0.2, 0) is 9.59 Å². The highest BCUT2D eigenvalue weighted by Gasteiger charge is 2.29. The van der Waals surface area contributed by atoms with E-state index in [4.69, 9.17) is 12.2 Å². The third kappa shape index (κ3) is 5.95. The number of hydrogen-bond donors (Lipinski definition) is 3. The molecule has 0 saturated heterocycles. The summed E-state index contributed by atoms with van der Waals surface area (Å²) >= 11 is 5.17. The van der Waals surface area contributed by atoms with Crippen LogP contribution in [-0.4, -0.2) is 21.9 Å². The van der Waals surface area contributed by atoms with Gasteiger partial charge in [0.15, 0.2) is 5.11 Å². The van der Waals surface area contributed by atoms with Crippen molar-refractivity contribution in [2.75, 3.05) is 10.6 Å². The zero-order valence-corrected chi connectivity index (χ0v) is 17.0. The summed E-state index contributed by atoms with van der Waals surface area (Å²) in [4.78, 5) is 34.2. The highest BCUT2D eigenvalue weighted by atomic mass is 32.1. The first-order valence-corrected chi connectivity index (χ1v) is 9.68. The fourth-order valence-corrected chi connectivity index (χ4v) is 2.83. The number of nitro benzene ring substituents is 1. The van der Waals surface area contributed by atoms with Gasteiger partial charge in [0.05, 0.1) is 4.92 Å². The number of rotatable bonds is 6. The van der Waals surface area contributed by atoms with Crippen molar-refractivity contribution in [1.82, 2.24) is 5.32 Å². The summed E-state index contributed by atoms with van der Waals surface area (Å²) in [5.74, 6) is -0.327. The molecule has 2 aromatic rings. The van der Waals surface area contributed by atoms with E-state index < -0.39 is 10.8 Å². The summed E-state index contributed by atoms with van der Waals surface area (Å²) in [6.45, 7) is 1.90. The third-order valence-electron chi connectivity index (χ3n) is 4.47. The average Bonchev–Trinajstić information content (AvgIpc) is 3.54. The number of anilines is 2. The Kier molecular flexibility index (Phi) is 6.53. The Bertz CT molecular complexity index is 1030. The predicted molar refractivity (Wildman–Crippen MR) is 119 cm³/mol. The highest BCUT2D eigenvalue weighted by molar-refractivity contribution is 7.80. The van der Waals surface area contributed by atoms with Gasteiger partial charge in [-0.2, -0.15) is 0 Å². The molecule has 0 bridgehead atoms. The number of non-ortho nitro benzene ring substituents is 1. The fourth-order valence-electron chi connectivity index (χ4n) is 2.61. The number of nitrogens with one attached hydrogen (secondary N) is 3. The molecule has 0 heterocycles. The minimum absolute atomic E-state index is 0.0162. The summed E-state index contributed by atoms with van der Waals surface area (Å²) in [6, 6.07) is 11.2. The average molecular weight is 424 g/mol. The van der Waals surface area contributed by atoms with E-state index in [0.717, 1.165) is 18.4 Å². The first kappa shape index (κ1) is 21.1. The fraction of sp³-hybridized carbons (Fsp3) is 0.190. The lowest BCUT2D eigenvalue weighted by Gasteiger charge is -2.12. The summed E-state index contributed by atoms with van der Waals surface area (Å²) in [5.41, 5.74) is 2.88. The minimum Gasteiger partial charge on any atom is -0.332 e. The maximum Gasteiger partial charge on any atom is 0.269 e. The molecule has 1 aliphatic rings. The Morgan fingerprint density at radius 3 is 2.47 bits per heavy atom. The van der Waals surface area contributed by atoms with Gasteiger partial charge in [0.1, 0.15) is 0 Å². The molecule has 8 nitrogen and oxygen atoms in total. The Labute approximate surface area is 178 Å². The predicted octanol–water partition coefficient (Wildman–Crippen LogP) is 3.78. The van der Waals surface area contributed by atoms with Crippen LogP contribution in [0.3, 0.4) is 0 Å². The largest absolute Gasteiger partial charge is 0.332 e. The van der Waals surface area contributed by atoms with Gasteiger partial charge in [-0.25, -0.2) is 0 Å². The van der Waals surface area contributed by atoms with Gasteiger partial charge in [0.25, 0.3) is 5.69 Å². The van der Waals surface area contributed by atoms with Gasteiger partial charge >= 0.3 is 0 Å². The highest BCUT2D eigenvalue weighted by Crippen LogP contribution is 2.31. The van der Waals surface area contributed by atoms with Gasteiger partial charge in [0.2, 0.25) is 11.8 Å². The number of aryl methyl sites for hydroxylation is 1. The van der Waals surface area contributed by atoms with E-state index in [0.29, 0.717) is 16.9 Å². The van der Waals surface area contributed by atoms with Gasteiger partial charge in [-0.15, -0.1) is 0 Å². The summed E-state index contributed by atoms with van der Waals surface area (Å²) in [5, 5.41) is 19.1. The van der Waals surface area contributed by atoms with Crippen molar-refractivity contribution in [2.45, 2.75) is 19.8 Å². The molecule has 0 unspecified atom stereocenters. The van der Waals surface area contributed by atoms with Gasteiger partial charge in [0, 0.05) is 35.5 Å². The molecule has 0 atom stereocenters. The van der Waals surface area contributed by atoms with E-state index in [-0.39, 0.29) is 22.6 Å². The molecule has 1 saturated carbocycles. The molecule has 2 amide bonds. The second-order valence-electron chi connectivity index (χ2n) is 6.92. The van der Waals surface area contributed by atoms with Crippen LogP contribution < -0.4 is 16.0 Å². The van der Waals surface area contributed by atoms with Crippen molar-refractivity contribution < 1.29 is 14.5 Å². The van der Waals surface area contributed by atoms with Crippen molar-refractivity contribution in [1.29, 1.82) is 0 Å². The summed E-state index contributed by atoms with van der Waals surface area (Å²) in [7, 11) is 0. The van der Waals surface area contributed by atoms with E-state index in [1.165, 1.54) is 24.3 Å². The molecule has 9 heteroatoms. The maximum atomic E-state index is 12.0. The number of amides is 2. The molecule has 3 rings (SSSR count). The molecule has 0 aliphatic heterocycles. The van der Waals surface area contributed by atoms with Crippen LogP contribution in [0.4, 0.5) is 17.1 Å². The van der Waals surface area contributed by atoms with Gasteiger partial charge in [-0.1, -0.05) is 6.07 Å². The molecule has 3 N–H and O–H groups in total. The molecule has 30 heavy (non-hydrogen) atoms. The third-order valence-corrected chi connectivity index (χ3v) is 4.67. The molecular weight excluding hydrogens is 404 g/mol. The lowest BCUT2D eigenvalue weighted by atomic mass is 10.1. The molecule has 0 spiro atoms. The van der Waals surface area contributed by atoms with Gasteiger partial charge in [-0.3, -0.25) is 25.0 Å². The second-order valence-corrected chi connectivity index (χ2v) is 7.33. The van der Waals surface area contributed by atoms with Crippen LogP contribution in [0, 0.1) is 23.0 Å². The Morgan fingerprint density at radius 2 is 1.83 bits per heavy atom. The monoisotopic (exact) mass is 424 g/mol. The van der Waals surface area contributed by atoms with Crippen LogP contribution in [0.1, 0.15) is 24.0 Å². The van der Waals surface area contributed by atoms with Crippen molar-refractivity contribution in [3.05, 3.63) is 69.8 Å². The van der Waals surface area contributed by atoms with Gasteiger partial charge in [-0.05, 0) is 73.5 Å². The standard InChI is InChI=1S/C21H20N4O4S/c1-13-2-8-16(12-18(13)23-20(27)15-6-7-15)22-21(30)24-19(26)11-5-14-3-9-17(10-4-14)25(28)29/h2-5,8-12,15H,6-7H2,1H3,(H,23,27)(H2,22,24,26,30)/b11-5+. The minimum atomic E-state index is -0.488. The van der Waals surface area contributed by atoms with E-state index in [2.05, 4.69) is 16.0 Å². The zero-order chi connectivity index (χ0) is 21.7. The molecule has 1 aliphatic carbocycles. The van der Waals surface area contributed by atoms with Gasteiger partial charge < -0.3 is 10.6 Å². The Morgan fingerprint density at radius 1 is 1.13 bits per heavy atom. The van der Waals surface area contributed by atoms with Crippen molar-refractivity contribution >= 4 is 52.3 Å². The van der Waals surface area contributed by atoms with Crippen molar-refractivity contribution in [2.24, 2.45) is 5.92 Å². The normalized spacial score (nSPS) is 13.0. The van der Waals surface area contributed by atoms with E-state index >= 15 is 0 Å². The van der Waals surface area contributed by atoms with Crippen LogP contribution in [0.15, 0.2) is 48.5 Å². The van der Waals surface area contributed by atoms with E-state index in [1.807, 2.05) is 13.0 Å². The number of nitro groups is 1. The Hall–Kier alpha value is -3.59. The zero-order valence-electron chi connectivity index (χ0n) is 16.2. The quantitative estimate of drug-likeness (QED) is 0.281. The number of hydrogen-bond acceptors (Lipinski definition) is 5. The SMILES string of the molecule is Cc1ccc(NC(=S)NC(=O)/C=C/c2ccc([N+](=O)[O-])cc2)cc1NC(=O)C1CC1. The first-order chi connectivity index (χ1) is 14.3. The number of carbonyl (C=O) groups is 2. The topological polar surface area (TPSA) is 113 Å². The molecule has 1 fully saturated rings. The van der Waals surface area contributed by atoms with Crippen molar-refractivity contribution in [3.8, 4) is 0 Å². The molecule has 2 aromatic carbocycles. The summed E-state index contributed by atoms with van der Waals surface area (Å²) < 4.78 is 0. The van der Waals surface area contributed by atoms with Crippen LogP contribution in [0.5, 0.6) is 0 Å². The maximum absolute atomic E-state index is 12.0. The second kappa shape index (κ2) is 9.27. The summed E-state index contributed by atoms with van der Waals surface area (Å²) in [6.07, 6.45) is 4.66. The number of benzene rings is 2. The lowest BCUT2D eigenvalue weighted by Crippen LogP contribution is -2.32. The van der Waals surface area contributed by atoms with E-state index in [9.17, 15) is 19.7 Å². The van der Waals surface area contributed by atoms with Crippen LogP contribution in [0.2, 0.25) is 0 Å². The smallest absolute Gasteiger partial charge is 0.269 e. The number of carbonyl (C=O) groups excluding carboxylic acids is 2. The Balaban J connectivity index is 1.54. The molecule has 0 radical (unpaired) electrons. The molecule has 154 valence electrons. The van der Waals surface area contributed by atoms with Crippen molar-refractivity contribution in [3.63, 3.8) is 0 Å². The number of nitrogens with zero attached hydrogens (tertiary/aromatic N) is 1. The van der Waals surface area contributed by atoms with E-state index in [1.54, 1.807) is 24.3 Å². The lowest BCUT2D eigenvalue weighted by molar-refractivity contribution is -0.384. The molecule has 0 aromatic heterocycles. The van der Waals surface area contributed by atoms with Crippen LogP contribution in [0.25, 0.3) is 6.08 Å².